The Morgan fingerprint density at radius 1 is 1.07 bits per heavy atom. The van der Waals surface area contributed by atoms with Crippen LogP contribution in [0.15, 0.2) is 39.8 Å². The molecule has 7 nitrogen and oxygen atoms in total. The minimum atomic E-state index is -0.465. The quantitative estimate of drug-likeness (QED) is 0.641. The second-order valence-electron chi connectivity index (χ2n) is 7.60. The minimum Gasteiger partial charge on any atom is -0.326 e. The van der Waals surface area contributed by atoms with Crippen LogP contribution in [0.25, 0.3) is 11.3 Å². The van der Waals surface area contributed by atoms with Crippen LogP contribution in [0, 0.1) is 12.3 Å². The number of aromatic nitrogens is 2. The zero-order valence-corrected chi connectivity index (χ0v) is 18.2. The van der Waals surface area contributed by atoms with E-state index in [-0.39, 0.29) is 23.2 Å². The number of amides is 2. The molecule has 0 bridgehead atoms. The summed E-state index contributed by atoms with van der Waals surface area (Å²) in [7, 11) is 0. The van der Waals surface area contributed by atoms with Crippen molar-refractivity contribution in [2.24, 2.45) is 5.41 Å². The lowest BCUT2D eigenvalue weighted by Gasteiger charge is -2.17. The largest absolute Gasteiger partial charge is 0.326 e. The molecule has 0 spiro atoms. The fraction of sp³-hybridized carbons (Fsp3) is 0.300. The number of nitrogens with zero attached hydrogens (tertiary/aromatic N) is 2. The molecule has 3 rings (SSSR count). The van der Waals surface area contributed by atoms with Gasteiger partial charge in [0.15, 0.2) is 5.13 Å². The smallest absolute Gasteiger partial charge is 0.307 e. The number of carbonyl (C=O) groups excluding carboxylic acids is 2. The van der Waals surface area contributed by atoms with E-state index >= 15 is 0 Å². The van der Waals surface area contributed by atoms with Gasteiger partial charge in [-0.25, -0.2) is 4.98 Å². The number of hydrogen-bond donors (Lipinski definition) is 2. The molecule has 0 fully saturated rings. The molecule has 1 aromatic carbocycles. The third kappa shape index (κ3) is 5.18. The number of nitrogens with one attached hydrogen (secondary N) is 2. The van der Waals surface area contributed by atoms with Crippen molar-refractivity contribution in [2.75, 3.05) is 10.6 Å². The average Bonchev–Trinajstić information content (AvgIpc) is 3.23. The Balaban J connectivity index is 1.64. The lowest BCUT2D eigenvalue weighted by Crippen LogP contribution is -2.27. The van der Waals surface area contributed by atoms with Crippen molar-refractivity contribution in [1.29, 1.82) is 0 Å². The highest BCUT2D eigenvalue weighted by molar-refractivity contribution is 7.14. The zero-order chi connectivity index (χ0) is 21.2. The van der Waals surface area contributed by atoms with E-state index in [0.717, 1.165) is 28.3 Å². The number of anilines is 2. The van der Waals surface area contributed by atoms with Crippen molar-refractivity contribution < 1.29 is 9.59 Å². The first-order valence-corrected chi connectivity index (χ1v) is 10.7. The van der Waals surface area contributed by atoms with Crippen LogP contribution in [0.1, 0.15) is 26.5 Å². The molecule has 0 saturated heterocycles. The van der Waals surface area contributed by atoms with E-state index in [1.54, 1.807) is 12.3 Å². The van der Waals surface area contributed by atoms with Crippen molar-refractivity contribution in [3.8, 4) is 11.3 Å². The first kappa shape index (κ1) is 20.9. The van der Waals surface area contributed by atoms with E-state index in [9.17, 15) is 14.4 Å². The summed E-state index contributed by atoms with van der Waals surface area (Å²) in [5, 5.41) is 9.66. The van der Waals surface area contributed by atoms with Crippen LogP contribution in [0.4, 0.5) is 10.8 Å². The standard InChI is InChI=1S/C20H22N4O3S2/c1-12-10-29-19(27)24(12)9-16(25)23-18-22-15(11-28-18)13-5-7-14(8-6-13)21-17(26)20(2,3)4/h5-8,10-11H,9H2,1-4H3,(H,21,26)(H,22,23,25). The summed E-state index contributed by atoms with van der Waals surface area (Å²) >= 11 is 2.39. The second-order valence-corrected chi connectivity index (χ2v) is 9.28. The van der Waals surface area contributed by atoms with Crippen LogP contribution in [-0.4, -0.2) is 21.4 Å². The van der Waals surface area contributed by atoms with Gasteiger partial charge in [0.25, 0.3) is 0 Å². The number of rotatable bonds is 5. The molecular weight excluding hydrogens is 408 g/mol. The van der Waals surface area contributed by atoms with Gasteiger partial charge >= 0.3 is 4.87 Å². The Hall–Kier alpha value is -2.78. The van der Waals surface area contributed by atoms with Crippen LogP contribution in [0.5, 0.6) is 0 Å². The van der Waals surface area contributed by atoms with Gasteiger partial charge in [-0.3, -0.25) is 19.0 Å². The van der Waals surface area contributed by atoms with Gasteiger partial charge in [0.05, 0.1) is 5.69 Å². The fourth-order valence-corrected chi connectivity index (χ4v) is 3.88. The van der Waals surface area contributed by atoms with Gasteiger partial charge in [-0.05, 0) is 19.1 Å². The van der Waals surface area contributed by atoms with Crippen LogP contribution >= 0.6 is 22.7 Å². The highest BCUT2D eigenvalue weighted by Crippen LogP contribution is 2.26. The molecule has 9 heteroatoms. The maximum Gasteiger partial charge on any atom is 0.307 e. The van der Waals surface area contributed by atoms with Crippen molar-refractivity contribution in [3.05, 3.63) is 50.4 Å². The van der Waals surface area contributed by atoms with Crippen LogP contribution in [-0.2, 0) is 16.1 Å². The number of aryl methyl sites for hydroxylation is 1. The van der Waals surface area contributed by atoms with E-state index in [1.165, 1.54) is 15.9 Å². The molecule has 3 aromatic rings. The first-order valence-electron chi connectivity index (χ1n) is 8.95. The van der Waals surface area contributed by atoms with Gasteiger partial charge in [-0.1, -0.05) is 44.2 Å². The van der Waals surface area contributed by atoms with E-state index in [1.807, 2.05) is 50.4 Å². The number of thiazole rings is 2. The molecule has 152 valence electrons. The van der Waals surface area contributed by atoms with Crippen molar-refractivity contribution in [3.63, 3.8) is 0 Å². The van der Waals surface area contributed by atoms with Gasteiger partial charge in [0.2, 0.25) is 11.8 Å². The van der Waals surface area contributed by atoms with Gasteiger partial charge in [-0.15, -0.1) is 11.3 Å². The van der Waals surface area contributed by atoms with Gasteiger partial charge in [0.1, 0.15) is 6.54 Å². The number of carbonyl (C=O) groups is 2. The Morgan fingerprint density at radius 2 is 1.76 bits per heavy atom. The maximum atomic E-state index is 12.2. The molecule has 0 saturated carbocycles. The van der Waals surface area contributed by atoms with E-state index in [4.69, 9.17) is 0 Å². The highest BCUT2D eigenvalue weighted by atomic mass is 32.1. The maximum absolute atomic E-state index is 12.2. The fourth-order valence-electron chi connectivity index (χ4n) is 2.41. The molecule has 2 heterocycles. The molecule has 0 atom stereocenters. The Bertz CT molecular complexity index is 1090. The SMILES string of the molecule is Cc1csc(=O)n1CC(=O)Nc1nc(-c2ccc(NC(=O)C(C)(C)C)cc2)cs1. The van der Waals surface area contributed by atoms with E-state index in [0.29, 0.717) is 10.8 Å². The summed E-state index contributed by atoms with van der Waals surface area (Å²) in [4.78, 5) is 40.3. The summed E-state index contributed by atoms with van der Waals surface area (Å²) < 4.78 is 1.43. The summed E-state index contributed by atoms with van der Waals surface area (Å²) in [5.41, 5.74) is 2.61. The summed E-state index contributed by atoms with van der Waals surface area (Å²) in [6, 6.07) is 7.38. The van der Waals surface area contributed by atoms with Crippen LogP contribution in [0.2, 0.25) is 0 Å². The van der Waals surface area contributed by atoms with Crippen molar-refractivity contribution in [1.82, 2.24) is 9.55 Å². The second kappa shape index (κ2) is 8.30. The van der Waals surface area contributed by atoms with Crippen molar-refractivity contribution in [2.45, 2.75) is 34.2 Å². The zero-order valence-electron chi connectivity index (χ0n) is 16.6. The molecule has 0 radical (unpaired) electrons. The Labute approximate surface area is 176 Å². The first-order chi connectivity index (χ1) is 13.6. The molecule has 0 aliphatic rings. The molecule has 2 N–H and O–H groups in total. The molecular formula is C20H22N4O3S2. The monoisotopic (exact) mass is 430 g/mol. The van der Waals surface area contributed by atoms with Gasteiger partial charge < -0.3 is 10.6 Å². The lowest BCUT2D eigenvalue weighted by molar-refractivity contribution is -0.123. The lowest BCUT2D eigenvalue weighted by atomic mass is 9.95. The summed E-state index contributed by atoms with van der Waals surface area (Å²) in [6.45, 7) is 7.33. The Kier molecular flexibility index (Phi) is 5.99. The predicted molar refractivity (Wildman–Crippen MR) is 118 cm³/mol. The number of benzene rings is 1. The minimum absolute atomic E-state index is 0.0365. The summed E-state index contributed by atoms with van der Waals surface area (Å²) in [5.74, 6) is -0.349. The van der Waals surface area contributed by atoms with Crippen molar-refractivity contribution >= 4 is 45.3 Å². The average molecular weight is 431 g/mol. The van der Waals surface area contributed by atoms with E-state index < -0.39 is 5.41 Å². The third-order valence-electron chi connectivity index (χ3n) is 4.15. The van der Waals surface area contributed by atoms with E-state index in [2.05, 4.69) is 15.6 Å². The molecule has 29 heavy (non-hydrogen) atoms. The molecule has 2 amide bonds. The summed E-state index contributed by atoms with van der Waals surface area (Å²) in [6.07, 6.45) is 0. The molecule has 0 aliphatic heterocycles. The Morgan fingerprint density at radius 3 is 2.34 bits per heavy atom. The van der Waals surface area contributed by atoms with Crippen LogP contribution < -0.4 is 15.5 Å². The molecule has 0 unspecified atom stereocenters. The molecule has 0 aliphatic carbocycles. The van der Waals surface area contributed by atoms with Gasteiger partial charge in [-0.2, -0.15) is 0 Å². The van der Waals surface area contributed by atoms with Gasteiger partial charge in [0, 0.05) is 33.1 Å². The third-order valence-corrected chi connectivity index (χ3v) is 5.79. The predicted octanol–water partition coefficient (Wildman–Crippen LogP) is 3.97. The van der Waals surface area contributed by atoms with Crippen LogP contribution in [0.3, 0.4) is 0 Å². The highest BCUT2D eigenvalue weighted by Gasteiger charge is 2.21. The number of hydrogen-bond acceptors (Lipinski definition) is 6. The molecule has 2 aromatic heterocycles. The topological polar surface area (TPSA) is 93.1 Å². The normalized spacial score (nSPS) is 11.3.